The summed E-state index contributed by atoms with van der Waals surface area (Å²) in [4.78, 5) is 12.2. The molecule has 0 spiro atoms. The molecule has 0 aliphatic heterocycles. The molecule has 0 heterocycles. The second-order valence-corrected chi connectivity index (χ2v) is 5.44. The van der Waals surface area contributed by atoms with Crippen molar-refractivity contribution in [3.05, 3.63) is 69.7 Å². The molecule has 20 heavy (non-hydrogen) atoms. The number of carbonyl (C=O) groups is 1. The summed E-state index contributed by atoms with van der Waals surface area (Å²) in [5.41, 5.74) is 2.47. The number of benzene rings is 2. The fraction of sp³-hybridized carbons (Fsp3) is 0.188. The number of amides is 1. The molecule has 104 valence electrons. The van der Waals surface area contributed by atoms with E-state index in [0.29, 0.717) is 5.56 Å². The highest BCUT2D eigenvalue weighted by molar-refractivity contribution is 9.10. The van der Waals surface area contributed by atoms with Crippen molar-refractivity contribution in [1.82, 2.24) is 5.32 Å². The van der Waals surface area contributed by atoms with Crippen molar-refractivity contribution in [3.63, 3.8) is 0 Å². The molecule has 2 N–H and O–H groups in total. The van der Waals surface area contributed by atoms with Crippen LogP contribution in [-0.4, -0.2) is 17.6 Å². The molecular weight excluding hydrogens is 318 g/mol. The highest BCUT2D eigenvalue weighted by Crippen LogP contribution is 2.18. The van der Waals surface area contributed by atoms with Gasteiger partial charge in [0.2, 0.25) is 0 Å². The summed E-state index contributed by atoms with van der Waals surface area (Å²) in [6.07, 6.45) is 0. The largest absolute Gasteiger partial charge is 0.394 e. The minimum atomic E-state index is -0.396. The fourth-order valence-corrected chi connectivity index (χ4v) is 2.19. The van der Waals surface area contributed by atoms with Crippen LogP contribution in [0, 0.1) is 6.92 Å². The van der Waals surface area contributed by atoms with E-state index >= 15 is 0 Å². The first kappa shape index (κ1) is 14.8. The second kappa shape index (κ2) is 6.68. The SMILES string of the molecule is Cc1cc(C(=O)NC(CO)c2ccccc2)ccc1Br. The minimum absolute atomic E-state index is 0.134. The van der Waals surface area contributed by atoms with Crippen LogP contribution in [0.5, 0.6) is 0 Å². The number of nitrogens with one attached hydrogen (secondary N) is 1. The van der Waals surface area contributed by atoms with E-state index in [2.05, 4.69) is 21.2 Å². The van der Waals surface area contributed by atoms with Crippen molar-refractivity contribution < 1.29 is 9.90 Å². The molecule has 0 aliphatic carbocycles. The van der Waals surface area contributed by atoms with E-state index < -0.39 is 6.04 Å². The van der Waals surface area contributed by atoms with Gasteiger partial charge in [0.15, 0.2) is 0 Å². The third-order valence-corrected chi connectivity index (χ3v) is 4.00. The number of hydrogen-bond donors (Lipinski definition) is 2. The van der Waals surface area contributed by atoms with Crippen molar-refractivity contribution in [1.29, 1.82) is 0 Å². The Morgan fingerprint density at radius 2 is 1.95 bits per heavy atom. The molecule has 4 heteroatoms. The van der Waals surface area contributed by atoms with Gasteiger partial charge in [-0.25, -0.2) is 0 Å². The summed E-state index contributed by atoms with van der Waals surface area (Å²) in [6, 6.07) is 14.5. The Labute approximate surface area is 126 Å². The Bertz CT molecular complexity index is 599. The zero-order valence-corrected chi connectivity index (χ0v) is 12.7. The van der Waals surface area contributed by atoms with Crippen LogP contribution in [0.4, 0.5) is 0 Å². The van der Waals surface area contributed by atoms with Crippen LogP contribution in [0.15, 0.2) is 53.0 Å². The molecule has 0 aliphatic rings. The molecule has 1 unspecified atom stereocenters. The molecular formula is C16H16BrNO2. The quantitative estimate of drug-likeness (QED) is 0.902. The molecule has 0 bridgehead atoms. The van der Waals surface area contributed by atoms with Gasteiger partial charge in [0.1, 0.15) is 0 Å². The third-order valence-electron chi connectivity index (χ3n) is 3.11. The number of aliphatic hydroxyl groups is 1. The maximum atomic E-state index is 12.2. The van der Waals surface area contributed by atoms with Gasteiger partial charge in [-0.05, 0) is 36.2 Å². The summed E-state index contributed by atoms with van der Waals surface area (Å²) in [7, 11) is 0. The van der Waals surface area contributed by atoms with Crippen LogP contribution in [0.1, 0.15) is 27.5 Å². The predicted octanol–water partition coefficient (Wildman–Crippen LogP) is 3.22. The molecule has 3 nitrogen and oxygen atoms in total. The van der Waals surface area contributed by atoms with Crippen LogP contribution >= 0.6 is 15.9 Å². The van der Waals surface area contributed by atoms with E-state index in [1.54, 1.807) is 6.07 Å². The normalized spacial score (nSPS) is 11.9. The van der Waals surface area contributed by atoms with E-state index in [1.165, 1.54) is 0 Å². The van der Waals surface area contributed by atoms with Crippen molar-refractivity contribution in [3.8, 4) is 0 Å². The van der Waals surface area contributed by atoms with Crippen molar-refractivity contribution in [2.75, 3.05) is 6.61 Å². The molecule has 2 aromatic carbocycles. The highest BCUT2D eigenvalue weighted by atomic mass is 79.9. The van der Waals surface area contributed by atoms with Gasteiger partial charge >= 0.3 is 0 Å². The van der Waals surface area contributed by atoms with Gasteiger partial charge in [0, 0.05) is 10.0 Å². The van der Waals surface area contributed by atoms with E-state index in [0.717, 1.165) is 15.6 Å². The first-order chi connectivity index (χ1) is 9.61. The molecule has 0 aromatic heterocycles. The third kappa shape index (κ3) is 3.46. The predicted molar refractivity (Wildman–Crippen MR) is 82.6 cm³/mol. The topological polar surface area (TPSA) is 49.3 Å². The maximum absolute atomic E-state index is 12.2. The van der Waals surface area contributed by atoms with E-state index in [9.17, 15) is 9.90 Å². The van der Waals surface area contributed by atoms with Gasteiger partial charge in [-0.15, -0.1) is 0 Å². The average Bonchev–Trinajstić information content (AvgIpc) is 2.48. The molecule has 0 saturated heterocycles. The van der Waals surface area contributed by atoms with Gasteiger partial charge in [-0.1, -0.05) is 46.3 Å². The average molecular weight is 334 g/mol. The summed E-state index contributed by atoms with van der Waals surface area (Å²) in [5, 5.41) is 12.3. The Hall–Kier alpha value is -1.65. The highest BCUT2D eigenvalue weighted by Gasteiger charge is 2.15. The molecule has 1 atom stereocenters. The second-order valence-electron chi connectivity index (χ2n) is 4.58. The van der Waals surface area contributed by atoms with Crippen LogP contribution in [0.2, 0.25) is 0 Å². The van der Waals surface area contributed by atoms with E-state index in [-0.39, 0.29) is 12.5 Å². The first-order valence-corrected chi connectivity index (χ1v) is 7.14. The minimum Gasteiger partial charge on any atom is -0.394 e. The smallest absolute Gasteiger partial charge is 0.251 e. The molecule has 0 saturated carbocycles. The van der Waals surface area contributed by atoms with Crippen LogP contribution < -0.4 is 5.32 Å². The lowest BCUT2D eigenvalue weighted by Gasteiger charge is -2.17. The molecule has 2 rings (SSSR count). The summed E-state index contributed by atoms with van der Waals surface area (Å²) < 4.78 is 0.968. The Kier molecular flexibility index (Phi) is 4.93. The van der Waals surface area contributed by atoms with Crippen LogP contribution in [-0.2, 0) is 0 Å². The Balaban J connectivity index is 2.15. The lowest BCUT2D eigenvalue weighted by molar-refractivity contribution is 0.0916. The molecule has 1 amide bonds. The van der Waals surface area contributed by atoms with Crippen molar-refractivity contribution in [2.45, 2.75) is 13.0 Å². The van der Waals surface area contributed by atoms with Crippen LogP contribution in [0.3, 0.4) is 0 Å². The number of halogens is 1. The molecule has 0 fully saturated rings. The van der Waals surface area contributed by atoms with E-state index in [1.807, 2.05) is 49.4 Å². The van der Waals surface area contributed by atoms with E-state index in [4.69, 9.17) is 0 Å². The number of aryl methyl sites for hydroxylation is 1. The maximum Gasteiger partial charge on any atom is 0.251 e. The first-order valence-electron chi connectivity index (χ1n) is 6.34. The lowest BCUT2D eigenvalue weighted by atomic mass is 10.1. The van der Waals surface area contributed by atoms with Gasteiger partial charge in [0.25, 0.3) is 5.91 Å². The number of hydrogen-bond acceptors (Lipinski definition) is 2. The molecule has 0 radical (unpaired) electrons. The number of carbonyl (C=O) groups excluding carboxylic acids is 1. The van der Waals surface area contributed by atoms with Crippen LogP contribution in [0.25, 0.3) is 0 Å². The van der Waals surface area contributed by atoms with Crippen molar-refractivity contribution >= 4 is 21.8 Å². The number of rotatable bonds is 4. The Morgan fingerprint density at radius 3 is 2.55 bits per heavy atom. The number of aliphatic hydroxyl groups excluding tert-OH is 1. The van der Waals surface area contributed by atoms with Crippen molar-refractivity contribution in [2.24, 2.45) is 0 Å². The van der Waals surface area contributed by atoms with Gasteiger partial charge < -0.3 is 10.4 Å². The van der Waals surface area contributed by atoms with Gasteiger partial charge in [-0.2, -0.15) is 0 Å². The zero-order valence-electron chi connectivity index (χ0n) is 11.1. The molecule has 2 aromatic rings. The monoisotopic (exact) mass is 333 g/mol. The summed E-state index contributed by atoms with van der Waals surface area (Å²) >= 11 is 3.41. The standard InChI is InChI=1S/C16H16BrNO2/c1-11-9-13(7-8-14(11)17)16(20)18-15(10-19)12-5-3-2-4-6-12/h2-9,15,19H,10H2,1H3,(H,18,20). The lowest BCUT2D eigenvalue weighted by Crippen LogP contribution is -2.30. The fourth-order valence-electron chi connectivity index (χ4n) is 1.95. The van der Waals surface area contributed by atoms with Gasteiger partial charge in [-0.3, -0.25) is 4.79 Å². The summed E-state index contributed by atoms with van der Waals surface area (Å²) in [6.45, 7) is 1.80. The summed E-state index contributed by atoms with van der Waals surface area (Å²) in [5.74, 6) is -0.191. The zero-order chi connectivity index (χ0) is 14.5. The Morgan fingerprint density at radius 1 is 1.25 bits per heavy atom. The van der Waals surface area contributed by atoms with Gasteiger partial charge in [0.05, 0.1) is 12.6 Å².